The molecule has 1 aromatic carbocycles. The fraction of sp³-hybridized carbons (Fsp3) is 0.0714. The Hall–Kier alpha value is -2.47. The fourth-order valence-corrected chi connectivity index (χ4v) is 2.79. The summed E-state index contributed by atoms with van der Waals surface area (Å²) in [6, 6.07) is 8.53. The lowest BCUT2D eigenvalue weighted by molar-refractivity contribution is 0.0699. The first-order valence-corrected chi connectivity index (χ1v) is 6.81. The first-order valence-electron chi connectivity index (χ1n) is 5.93. The van der Waals surface area contributed by atoms with Crippen molar-refractivity contribution in [3.8, 4) is 0 Å². The zero-order valence-corrected chi connectivity index (χ0v) is 11.1. The third kappa shape index (κ3) is 2.21. The van der Waals surface area contributed by atoms with Crippen LogP contribution in [-0.4, -0.2) is 21.0 Å². The van der Waals surface area contributed by atoms with Crippen LogP contribution in [0.15, 0.2) is 40.5 Å². The SMILES string of the molecule is O=C(O)c1cccc2nc(Cc3cccs3)[nH]c(=O)c12. The van der Waals surface area contributed by atoms with Gasteiger partial charge >= 0.3 is 5.97 Å². The predicted octanol–water partition coefficient (Wildman–Crippen LogP) is 2.27. The number of benzene rings is 1. The lowest BCUT2D eigenvalue weighted by atomic mass is 10.1. The number of carboxylic acid groups (broad SMARTS) is 1. The maximum Gasteiger partial charge on any atom is 0.336 e. The van der Waals surface area contributed by atoms with Crippen LogP contribution in [0.3, 0.4) is 0 Å². The van der Waals surface area contributed by atoms with Gasteiger partial charge in [-0.1, -0.05) is 12.1 Å². The Kier molecular flexibility index (Phi) is 3.08. The predicted molar refractivity (Wildman–Crippen MR) is 76.4 cm³/mol. The number of aromatic amines is 1. The first kappa shape index (κ1) is 12.6. The van der Waals surface area contributed by atoms with E-state index in [2.05, 4.69) is 9.97 Å². The van der Waals surface area contributed by atoms with E-state index in [-0.39, 0.29) is 10.9 Å². The molecule has 2 heterocycles. The number of thiophene rings is 1. The van der Waals surface area contributed by atoms with Crippen molar-refractivity contribution in [1.29, 1.82) is 0 Å². The average molecular weight is 286 g/mol. The number of hydrogen-bond donors (Lipinski definition) is 2. The van der Waals surface area contributed by atoms with Crippen molar-refractivity contribution in [3.05, 3.63) is 62.3 Å². The molecule has 6 heteroatoms. The number of hydrogen-bond acceptors (Lipinski definition) is 4. The summed E-state index contributed by atoms with van der Waals surface area (Å²) < 4.78 is 0. The standard InChI is InChI=1S/C14H10N2O3S/c17-13-12-9(14(18)19)4-1-5-10(12)15-11(16-13)7-8-3-2-6-20-8/h1-6H,7H2,(H,18,19)(H,15,16,17). The molecule has 2 aromatic heterocycles. The van der Waals surface area contributed by atoms with E-state index >= 15 is 0 Å². The van der Waals surface area contributed by atoms with Gasteiger partial charge in [-0.3, -0.25) is 4.79 Å². The Labute approximate surface area is 117 Å². The normalized spacial score (nSPS) is 10.8. The smallest absolute Gasteiger partial charge is 0.336 e. The molecule has 0 aliphatic heterocycles. The van der Waals surface area contributed by atoms with Crippen molar-refractivity contribution in [2.45, 2.75) is 6.42 Å². The zero-order valence-electron chi connectivity index (χ0n) is 10.3. The molecule has 0 radical (unpaired) electrons. The highest BCUT2D eigenvalue weighted by Gasteiger charge is 2.13. The highest BCUT2D eigenvalue weighted by Crippen LogP contribution is 2.16. The summed E-state index contributed by atoms with van der Waals surface area (Å²) in [6.45, 7) is 0. The van der Waals surface area contributed by atoms with Crippen molar-refractivity contribution in [3.63, 3.8) is 0 Å². The second kappa shape index (κ2) is 4.90. The van der Waals surface area contributed by atoms with E-state index in [1.54, 1.807) is 23.5 Å². The van der Waals surface area contributed by atoms with Crippen molar-refractivity contribution >= 4 is 28.2 Å². The third-order valence-corrected chi connectivity index (χ3v) is 3.81. The number of nitrogens with one attached hydrogen (secondary N) is 1. The molecule has 20 heavy (non-hydrogen) atoms. The Morgan fingerprint density at radius 1 is 1.30 bits per heavy atom. The van der Waals surface area contributed by atoms with E-state index in [1.165, 1.54) is 6.07 Å². The van der Waals surface area contributed by atoms with Crippen LogP contribution in [0.2, 0.25) is 0 Å². The number of aromatic carboxylic acids is 1. The molecule has 5 nitrogen and oxygen atoms in total. The van der Waals surface area contributed by atoms with E-state index < -0.39 is 11.5 Å². The van der Waals surface area contributed by atoms with E-state index in [1.807, 2.05) is 17.5 Å². The Bertz CT molecular complexity index is 837. The van der Waals surface area contributed by atoms with Crippen LogP contribution in [0.1, 0.15) is 21.1 Å². The number of nitrogens with zero attached hydrogens (tertiary/aromatic N) is 1. The van der Waals surface area contributed by atoms with Gasteiger partial charge in [-0.25, -0.2) is 9.78 Å². The van der Waals surface area contributed by atoms with Crippen LogP contribution in [0.25, 0.3) is 10.9 Å². The summed E-state index contributed by atoms with van der Waals surface area (Å²) in [4.78, 5) is 31.3. The Balaban J connectivity index is 2.16. The number of carboxylic acids is 1. The van der Waals surface area contributed by atoms with Crippen molar-refractivity contribution in [1.82, 2.24) is 9.97 Å². The number of H-pyrrole nitrogens is 1. The molecule has 0 saturated heterocycles. The molecule has 0 spiro atoms. The summed E-state index contributed by atoms with van der Waals surface area (Å²) >= 11 is 1.58. The molecular weight excluding hydrogens is 276 g/mol. The third-order valence-electron chi connectivity index (χ3n) is 2.93. The van der Waals surface area contributed by atoms with Gasteiger partial charge in [-0.2, -0.15) is 0 Å². The summed E-state index contributed by atoms with van der Waals surface area (Å²) in [5.41, 5.74) is -0.0429. The van der Waals surface area contributed by atoms with Crippen LogP contribution in [0, 0.1) is 0 Å². The van der Waals surface area contributed by atoms with E-state index in [4.69, 9.17) is 5.11 Å². The second-order valence-electron chi connectivity index (χ2n) is 4.27. The van der Waals surface area contributed by atoms with Gasteiger partial charge in [-0.15, -0.1) is 11.3 Å². The monoisotopic (exact) mass is 286 g/mol. The molecule has 0 bridgehead atoms. The van der Waals surface area contributed by atoms with Gasteiger partial charge < -0.3 is 10.1 Å². The molecule has 2 N–H and O–H groups in total. The highest BCUT2D eigenvalue weighted by molar-refractivity contribution is 7.09. The molecule has 100 valence electrons. The summed E-state index contributed by atoms with van der Waals surface area (Å²) in [5.74, 6) is -0.596. The van der Waals surface area contributed by atoms with Crippen molar-refractivity contribution in [2.75, 3.05) is 0 Å². The minimum Gasteiger partial charge on any atom is -0.478 e. The van der Waals surface area contributed by atoms with Gasteiger partial charge in [0.1, 0.15) is 5.82 Å². The molecule has 0 amide bonds. The minimum absolute atomic E-state index is 0.0288. The quantitative estimate of drug-likeness (QED) is 0.773. The second-order valence-corrected chi connectivity index (χ2v) is 5.31. The van der Waals surface area contributed by atoms with Crippen molar-refractivity contribution in [2.24, 2.45) is 0 Å². The van der Waals surface area contributed by atoms with E-state index in [9.17, 15) is 9.59 Å². The molecule has 0 atom stereocenters. The molecule has 0 aliphatic rings. The van der Waals surface area contributed by atoms with Crippen LogP contribution in [0.4, 0.5) is 0 Å². The van der Waals surface area contributed by atoms with Gasteiger partial charge in [0.15, 0.2) is 0 Å². The topological polar surface area (TPSA) is 83.0 Å². The number of carbonyl (C=O) groups is 1. The summed E-state index contributed by atoms with van der Waals surface area (Å²) in [7, 11) is 0. The van der Waals surface area contributed by atoms with Crippen molar-refractivity contribution < 1.29 is 9.90 Å². The molecule has 0 saturated carbocycles. The van der Waals surface area contributed by atoms with Gasteiger partial charge in [-0.05, 0) is 23.6 Å². The Morgan fingerprint density at radius 2 is 2.15 bits per heavy atom. The first-order chi connectivity index (χ1) is 9.65. The molecule has 0 unspecified atom stereocenters. The molecule has 0 fully saturated rings. The summed E-state index contributed by atoms with van der Waals surface area (Å²) in [6.07, 6.45) is 0.528. The van der Waals surface area contributed by atoms with Gasteiger partial charge in [0.25, 0.3) is 5.56 Å². The van der Waals surface area contributed by atoms with Gasteiger partial charge in [0.2, 0.25) is 0 Å². The van der Waals surface area contributed by atoms with Crippen LogP contribution >= 0.6 is 11.3 Å². The lowest BCUT2D eigenvalue weighted by Crippen LogP contribution is -2.15. The van der Waals surface area contributed by atoms with Crippen LogP contribution in [0.5, 0.6) is 0 Å². The van der Waals surface area contributed by atoms with E-state index in [0.717, 1.165) is 4.88 Å². The van der Waals surface area contributed by atoms with E-state index in [0.29, 0.717) is 17.8 Å². The largest absolute Gasteiger partial charge is 0.478 e. The zero-order chi connectivity index (χ0) is 14.1. The molecule has 3 aromatic rings. The summed E-state index contributed by atoms with van der Waals surface area (Å²) in [5, 5.41) is 11.2. The maximum atomic E-state index is 12.1. The van der Waals surface area contributed by atoms with Gasteiger partial charge in [0, 0.05) is 11.3 Å². The average Bonchev–Trinajstić information content (AvgIpc) is 2.90. The van der Waals surface area contributed by atoms with Crippen LogP contribution in [-0.2, 0) is 6.42 Å². The van der Waals surface area contributed by atoms with Crippen LogP contribution < -0.4 is 5.56 Å². The number of rotatable bonds is 3. The highest BCUT2D eigenvalue weighted by atomic mass is 32.1. The number of fused-ring (bicyclic) bond motifs is 1. The lowest BCUT2D eigenvalue weighted by Gasteiger charge is -2.04. The molecular formula is C14H10N2O3S. The fourth-order valence-electron chi connectivity index (χ4n) is 2.08. The Morgan fingerprint density at radius 3 is 2.85 bits per heavy atom. The minimum atomic E-state index is -1.13. The number of aromatic nitrogens is 2. The maximum absolute atomic E-state index is 12.1. The van der Waals surface area contributed by atoms with Gasteiger partial charge in [0.05, 0.1) is 16.5 Å². The molecule has 0 aliphatic carbocycles. The molecule has 3 rings (SSSR count).